The summed E-state index contributed by atoms with van der Waals surface area (Å²) in [5.41, 5.74) is 0.636. The number of ether oxygens (including phenoxy) is 1. The van der Waals surface area contributed by atoms with E-state index in [-0.39, 0.29) is 11.9 Å². The number of hydrogen-bond donors (Lipinski definition) is 1. The normalized spacial score (nSPS) is 24.7. The number of rotatable bonds is 3. The molecule has 0 spiro atoms. The van der Waals surface area contributed by atoms with Gasteiger partial charge in [0, 0.05) is 6.04 Å². The molecule has 2 nitrogen and oxygen atoms in total. The molecule has 2 rings (SSSR count). The highest BCUT2D eigenvalue weighted by Crippen LogP contribution is 2.26. The van der Waals surface area contributed by atoms with Crippen molar-refractivity contribution >= 4 is 0 Å². The topological polar surface area (TPSA) is 21.3 Å². The van der Waals surface area contributed by atoms with Crippen LogP contribution in [0.25, 0.3) is 0 Å². The summed E-state index contributed by atoms with van der Waals surface area (Å²) in [6.07, 6.45) is 2.35. The van der Waals surface area contributed by atoms with Gasteiger partial charge in [-0.25, -0.2) is 4.39 Å². The zero-order valence-electron chi connectivity index (χ0n) is 9.09. The van der Waals surface area contributed by atoms with Crippen LogP contribution in [0.3, 0.4) is 0 Å². The van der Waals surface area contributed by atoms with E-state index in [2.05, 4.69) is 5.32 Å². The van der Waals surface area contributed by atoms with Crippen molar-refractivity contribution in [2.24, 2.45) is 0 Å². The number of hydrogen-bond acceptors (Lipinski definition) is 2. The van der Waals surface area contributed by atoms with E-state index in [0.29, 0.717) is 11.6 Å². The first-order valence-corrected chi connectivity index (χ1v) is 5.29. The molecule has 0 unspecified atom stereocenters. The molecule has 1 aliphatic carbocycles. The molecule has 0 radical (unpaired) electrons. The maximum absolute atomic E-state index is 13.0. The predicted molar refractivity (Wildman–Crippen MR) is 57.6 cm³/mol. The van der Waals surface area contributed by atoms with Gasteiger partial charge in [0.15, 0.2) is 0 Å². The Kier molecular flexibility index (Phi) is 2.91. The molecule has 0 aliphatic heterocycles. The summed E-state index contributed by atoms with van der Waals surface area (Å²) >= 11 is 0. The van der Waals surface area contributed by atoms with Crippen LogP contribution in [-0.4, -0.2) is 19.2 Å². The zero-order chi connectivity index (χ0) is 10.8. The van der Waals surface area contributed by atoms with E-state index < -0.39 is 0 Å². The van der Waals surface area contributed by atoms with Crippen molar-refractivity contribution in [2.75, 3.05) is 7.05 Å². The highest BCUT2D eigenvalue weighted by atomic mass is 19.1. The number of aryl methyl sites for hydroxylation is 1. The van der Waals surface area contributed by atoms with Crippen LogP contribution in [0, 0.1) is 12.7 Å². The standard InChI is InChI=1S/C12H16FNO/c1-8-5-10(3-4-12(8)13)15-11-6-9(7-11)14-2/h3-5,9,11,14H,6-7H2,1-2H3. The summed E-state index contributed by atoms with van der Waals surface area (Å²) in [5, 5.41) is 3.20. The highest BCUT2D eigenvalue weighted by molar-refractivity contribution is 5.29. The lowest BCUT2D eigenvalue weighted by atomic mass is 9.89. The smallest absolute Gasteiger partial charge is 0.126 e. The average molecular weight is 209 g/mol. The van der Waals surface area contributed by atoms with Crippen LogP contribution in [0.1, 0.15) is 18.4 Å². The summed E-state index contributed by atoms with van der Waals surface area (Å²) in [5.74, 6) is 0.595. The second-order valence-electron chi connectivity index (χ2n) is 4.11. The first kappa shape index (κ1) is 10.4. The monoisotopic (exact) mass is 209 g/mol. The molecule has 0 heterocycles. The molecule has 0 bridgehead atoms. The van der Waals surface area contributed by atoms with Crippen LogP contribution in [0.4, 0.5) is 4.39 Å². The fraction of sp³-hybridized carbons (Fsp3) is 0.500. The van der Waals surface area contributed by atoms with Crippen LogP contribution in [-0.2, 0) is 0 Å². The van der Waals surface area contributed by atoms with E-state index in [1.165, 1.54) is 6.07 Å². The number of halogens is 1. The van der Waals surface area contributed by atoms with Gasteiger partial charge in [0.25, 0.3) is 0 Å². The molecular weight excluding hydrogens is 193 g/mol. The van der Waals surface area contributed by atoms with Gasteiger partial charge in [-0.2, -0.15) is 0 Å². The fourth-order valence-electron chi connectivity index (χ4n) is 1.78. The molecular formula is C12H16FNO. The Labute approximate surface area is 89.4 Å². The summed E-state index contributed by atoms with van der Waals surface area (Å²) in [7, 11) is 1.96. The second kappa shape index (κ2) is 4.19. The van der Waals surface area contributed by atoms with E-state index in [1.807, 2.05) is 7.05 Å². The van der Waals surface area contributed by atoms with Crippen molar-refractivity contribution in [1.82, 2.24) is 5.32 Å². The summed E-state index contributed by atoms with van der Waals surface area (Å²) in [6.45, 7) is 1.75. The van der Waals surface area contributed by atoms with Gasteiger partial charge in [0.2, 0.25) is 0 Å². The van der Waals surface area contributed by atoms with Crippen molar-refractivity contribution in [1.29, 1.82) is 0 Å². The summed E-state index contributed by atoms with van der Waals surface area (Å²) in [4.78, 5) is 0. The largest absolute Gasteiger partial charge is 0.490 e. The molecule has 1 aromatic carbocycles. The minimum Gasteiger partial charge on any atom is -0.490 e. The molecule has 1 aliphatic rings. The van der Waals surface area contributed by atoms with Gasteiger partial charge in [0.1, 0.15) is 17.7 Å². The molecule has 1 fully saturated rings. The zero-order valence-corrected chi connectivity index (χ0v) is 9.09. The third-order valence-electron chi connectivity index (χ3n) is 2.94. The Bertz CT molecular complexity index is 347. The maximum atomic E-state index is 13.0. The molecule has 0 saturated heterocycles. The SMILES string of the molecule is CNC1CC(Oc2ccc(F)c(C)c2)C1. The van der Waals surface area contributed by atoms with Crippen molar-refractivity contribution in [3.8, 4) is 5.75 Å². The molecule has 82 valence electrons. The van der Waals surface area contributed by atoms with E-state index in [1.54, 1.807) is 19.1 Å². The van der Waals surface area contributed by atoms with Crippen LogP contribution in [0.15, 0.2) is 18.2 Å². The Morgan fingerprint density at radius 1 is 1.40 bits per heavy atom. The number of nitrogens with one attached hydrogen (secondary N) is 1. The lowest BCUT2D eigenvalue weighted by molar-refractivity contribution is 0.0883. The van der Waals surface area contributed by atoms with Crippen LogP contribution < -0.4 is 10.1 Å². The Morgan fingerprint density at radius 3 is 2.73 bits per heavy atom. The molecule has 1 aromatic rings. The first-order chi connectivity index (χ1) is 7.19. The van der Waals surface area contributed by atoms with Gasteiger partial charge in [-0.3, -0.25) is 0 Å². The van der Waals surface area contributed by atoms with Gasteiger partial charge in [-0.05, 0) is 50.6 Å². The van der Waals surface area contributed by atoms with Gasteiger partial charge < -0.3 is 10.1 Å². The van der Waals surface area contributed by atoms with Crippen molar-refractivity contribution in [2.45, 2.75) is 31.9 Å². The second-order valence-corrected chi connectivity index (χ2v) is 4.11. The van der Waals surface area contributed by atoms with E-state index in [0.717, 1.165) is 18.6 Å². The van der Waals surface area contributed by atoms with E-state index in [4.69, 9.17) is 4.74 Å². The van der Waals surface area contributed by atoms with Crippen molar-refractivity contribution in [3.63, 3.8) is 0 Å². The fourth-order valence-corrected chi connectivity index (χ4v) is 1.78. The van der Waals surface area contributed by atoms with Crippen LogP contribution in [0.5, 0.6) is 5.75 Å². The molecule has 3 heteroatoms. The molecule has 1 saturated carbocycles. The highest BCUT2D eigenvalue weighted by Gasteiger charge is 2.29. The minimum atomic E-state index is -0.177. The maximum Gasteiger partial charge on any atom is 0.126 e. The van der Waals surface area contributed by atoms with Gasteiger partial charge in [-0.1, -0.05) is 0 Å². The Hall–Kier alpha value is -1.09. The third kappa shape index (κ3) is 2.29. The van der Waals surface area contributed by atoms with Crippen molar-refractivity contribution in [3.05, 3.63) is 29.6 Å². The summed E-state index contributed by atoms with van der Waals surface area (Å²) in [6, 6.07) is 5.48. The average Bonchev–Trinajstić information content (AvgIpc) is 2.16. The quantitative estimate of drug-likeness (QED) is 0.824. The van der Waals surface area contributed by atoms with Crippen molar-refractivity contribution < 1.29 is 9.13 Å². The molecule has 1 N–H and O–H groups in total. The molecule has 0 amide bonds. The van der Waals surface area contributed by atoms with Gasteiger partial charge >= 0.3 is 0 Å². The lowest BCUT2D eigenvalue weighted by Gasteiger charge is -2.35. The Morgan fingerprint density at radius 2 is 2.13 bits per heavy atom. The Balaban J connectivity index is 1.92. The molecule has 0 atom stereocenters. The minimum absolute atomic E-state index is 0.177. The van der Waals surface area contributed by atoms with Crippen LogP contribution in [0.2, 0.25) is 0 Å². The van der Waals surface area contributed by atoms with Crippen LogP contribution >= 0.6 is 0 Å². The third-order valence-corrected chi connectivity index (χ3v) is 2.94. The van der Waals surface area contributed by atoms with E-state index >= 15 is 0 Å². The summed E-state index contributed by atoms with van der Waals surface area (Å²) < 4.78 is 18.7. The van der Waals surface area contributed by atoms with Gasteiger partial charge in [-0.15, -0.1) is 0 Å². The molecule has 0 aromatic heterocycles. The predicted octanol–water partition coefficient (Wildman–Crippen LogP) is 2.26. The first-order valence-electron chi connectivity index (χ1n) is 5.29. The van der Waals surface area contributed by atoms with E-state index in [9.17, 15) is 4.39 Å². The lowest BCUT2D eigenvalue weighted by Crippen LogP contribution is -2.45. The molecule has 15 heavy (non-hydrogen) atoms. The number of benzene rings is 1. The van der Waals surface area contributed by atoms with Gasteiger partial charge in [0.05, 0.1) is 0 Å².